The maximum absolute atomic E-state index is 12.4. The van der Waals surface area contributed by atoms with E-state index < -0.39 is 12.8 Å². The van der Waals surface area contributed by atoms with Crippen LogP contribution in [0.4, 0.5) is 24.5 Å². The lowest BCUT2D eigenvalue weighted by Gasteiger charge is -2.31. The van der Waals surface area contributed by atoms with Gasteiger partial charge in [-0.05, 0) is 55.7 Å². The van der Waals surface area contributed by atoms with Crippen LogP contribution in [0, 0.1) is 0 Å². The Labute approximate surface area is 157 Å². The summed E-state index contributed by atoms with van der Waals surface area (Å²) >= 11 is 0. The van der Waals surface area contributed by atoms with E-state index in [0.717, 1.165) is 39.7 Å². The molecule has 1 unspecified atom stereocenters. The van der Waals surface area contributed by atoms with Gasteiger partial charge < -0.3 is 9.47 Å². The Bertz CT molecular complexity index is 808. The first-order valence-corrected chi connectivity index (χ1v) is 8.94. The van der Waals surface area contributed by atoms with Gasteiger partial charge in [-0.1, -0.05) is 0 Å². The molecule has 0 fully saturated rings. The van der Waals surface area contributed by atoms with Gasteiger partial charge in [0.15, 0.2) is 12.3 Å². The second-order valence-corrected chi connectivity index (χ2v) is 6.59. The van der Waals surface area contributed by atoms with Crippen molar-refractivity contribution >= 4 is 11.4 Å². The SMILES string of the molecule is CCOc1ccc2c(c1)CCc1cc(OCC(F)(F)F)ccc1[NH+](C)N2C. The highest BCUT2D eigenvalue weighted by Crippen LogP contribution is 2.30. The van der Waals surface area contributed by atoms with Crippen LogP contribution in [-0.2, 0) is 12.8 Å². The van der Waals surface area contributed by atoms with Crippen molar-refractivity contribution in [1.82, 2.24) is 0 Å². The standard InChI is InChI=1S/C20H23F3N2O2/c1-4-26-16-7-9-18-14(11-16)5-6-15-12-17(27-13-20(21,22)23)8-10-19(15)25(3)24(18)2/h7-12H,4-6,13H2,1-3H3/p+1. The first kappa shape index (κ1) is 19.4. The molecule has 2 aromatic carbocycles. The number of hydrogen-bond acceptors (Lipinski definition) is 3. The minimum Gasteiger partial charge on any atom is -0.494 e. The Kier molecular flexibility index (Phi) is 5.51. The van der Waals surface area contributed by atoms with Crippen molar-refractivity contribution in [2.75, 3.05) is 32.3 Å². The zero-order valence-electron chi connectivity index (χ0n) is 15.7. The predicted octanol–water partition coefficient (Wildman–Crippen LogP) is 3.32. The Morgan fingerprint density at radius 3 is 2.33 bits per heavy atom. The second kappa shape index (κ2) is 7.68. The molecule has 0 saturated carbocycles. The highest BCUT2D eigenvalue weighted by atomic mass is 19.4. The number of quaternary nitrogens is 1. The lowest BCUT2D eigenvalue weighted by atomic mass is 9.99. The van der Waals surface area contributed by atoms with Crippen molar-refractivity contribution in [1.29, 1.82) is 0 Å². The Hall–Kier alpha value is -2.41. The van der Waals surface area contributed by atoms with E-state index in [1.165, 1.54) is 0 Å². The van der Waals surface area contributed by atoms with E-state index in [2.05, 4.69) is 11.1 Å². The molecular formula is C20H24F3N2O2+. The summed E-state index contributed by atoms with van der Waals surface area (Å²) < 4.78 is 47.8. The molecule has 4 nitrogen and oxygen atoms in total. The van der Waals surface area contributed by atoms with Crippen molar-refractivity contribution in [3.8, 4) is 11.5 Å². The molecule has 146 valence electrons. The van der Waals surface area contributed by atoms with E-state index >= 15 is 0 Å². The van der Waals surface area contributed by atoms with Gasteiger partial charge >= 0.3 is 6.18 Å². The number of aryl methyl sites for hydroxylation is 2. The number of hydrogen-bond donors (Lipinski definition) is 1. The van der Waals surface area contributed by atoms with Crippen LogP contribution in [0.5, 0.6) is 11.5 Å². The van der Waals surface area contributed by atoms with Crippen LogP contribution in [0.2, 0.25) is 0 Å². The quantitative estimate of drug-likeness (QED) is 0.880. The lowest BCUT2D eigenvalue weighted by molar-refractivity contribution is -0.818. The van der Waals surface area contributed by atoms with E-state index in [0.29, 0.717) is 13.0 Å². The van der Waals surface area contributed by atoms with Crippen LogP contribution >= 0.6 is 0 Å². The normalized spacial score (nSPS) is 16.8. The van der Waals surface area contributed by atoms with Gasteiger partial charge in [-0.25, -0.2) is 10.0 Å². The maximum Gasteiger partial charge on any atom is 0.422 e. The van der Waals surface area contributed by atoms with Crippen molar-refractivity contribution in [2.24, 2.45) is 0 Å². The number of halogens is 3. The molecular weight excluding hydrogens is 357 g/mol. The monoisotopic (exact) mass is 381 g/mol. The van der Waals surface area contributed by atoms with Crippen molar-refractivity contribution in [3.05, 3.63) is 47.5 Å². The van der Waals surface area contributed by atoms with Gasteiger partial charge in [0.05, 0.1) is 26.4 Å². The number of anilines is 1. The second-order valence-electron chi connectivity index (χ2n) is 6.59. The molecule has 0 bridgehead atoms. The number of rotatable bonds is 4. The highest BCUT2D eigenvalue weighted by Gasteiger charge is 2.29. The zero-order valence-corrected chi connectivity index (χ0v) is 15.7. The largest absolute Gasteiger partial charge is 0.494 e. The predicted molar refractivity (Wildman–Crippen MR) is 98.0 cm³/mol. The lowest BCUT2D eigenvalue weighted by Crippen LogP contribution is -3.11. The number of ether oxygens (including phenoxy) is 2. The molecule has 1 N–H and O–H groups in total. The van der Waals surface area contributed by atoms with Gasteiger partial charge in [0, 0.05) is 11.6 Å². The van der Waals surface area contributed by atoms with Gasteiger partial charge in [0.2, 0.25) is 0 Å². The zero-order chi connectivity index (χ0) is 19.6. The molecule has 0 saturated heterocycles. The molecule has 27 heavy (non-hydrogen) atoms. The third-order valence-electron chi connectivity index (χ3n) is 4.76. The highest BCUT2D eigenvalue weighted by molar-refractivity contribution is 5.57. The molecule has 1 aliphatic heterocycles. The summed E-state index contributed by atoms with van der Waals surface area (Å²) in [6, 6.07) is 11.2. The summed E-state index contributed by atoms with van der Waals surface area (Å²) in [6.45, 7) is 1.26. The van der Waals surface area contributed by atoms with Gasteiger partial charge in [-0.2, -0.15) is 13.2 Å². The van der Waals surface area contributed by atoms with E-state index in [-0.39, 0.29) is 5.75 Å². The number of alkyl halides is 3. The van der Waals surface area contributed by atoms with Crippen molar-refractivity contribution in [2.45, 2.75) is 25.9 Å². The molecule has 7 heteroatoms. The number of nitrogens with zero attached hydrogens (tertiary/aromatic N) is 1. The van der Waals surface area contributed by atoms with E-state index in [1.807, 2.05) is 39.2 Å². The summed E-state index contributed by atoms with van der Waals surface area (Å²) in [5, 5.41) is 3.15. The fraction of sp³-hybridized carbons (Fsp3) is 0.400. The van der Waals surface area contributed by atoms with E-state index in [4.69, 9.17) is 9.47 Å². The van der Waals surface area contributed by atoms with Crippen LogP contribution in [0.25, 0.3) is 0 Å². The molecule has 0 aromatic heterocycles. The Balaban J connectivity index is 1.89. The summed E-state index contributed by atoms with van der Waals surface area (Å²) in [7, 11) is 4.01. The van der Waals surface area contributed by atoms with Gasteiger partial charge in [-0.3, -0.25) is 0 Å². The topological polar surface area (TPSA) is 26.1 Å². The Morgan fingerprint density at radius 1 is 1.00 bits per heavy atom. The molecule has 0 spiro atoms. The van der Waals surface area contributed by atoms with E-state index in [9.17, 15) is 13.2 Å². The molecule has 3 rings (SSSR count). The van der Waals surface area contributed by atoms with Crippen LogP contribution in [0.1, 0.15) is 18.1 Å². The van der Waals surface area contributed by atoms with Gasteiger partial charge in [0.25, 0.3) is 0 Å². The molecule has 1 atom stereocenters. The number of nitrogens with one attached hydrogen (secondary N) is 1. The molecule has 0 aliphatic carbocycles. The first-order valence-electron chi connectivity index (χ1n) is 8.94. The third kappa shape index (κ3) is 4.47. The minimum atomic E-state index is -4.35. The molecule has 0 amide bonds. The first-order chi connectivity index (χ1) is 12.8. The maximum atomic E-state index is 12.4. The summed E-state index contributed by atoms with van der Waals surface area (Å²) in [5.74, 6) is 1.07. The Morgan fingerprint density at radius 2 is 1.63 bits per heavy atom. The van der Waals surface area contributed by atoms with Gasteiger partial charge in [-0.15, -0.1) is 0 Å². The van der Waals surface area contributed by atoms with Gasteiger partial charge in [0.1, 0.15) is 11.5 Å². The summed E-state index contributed by atoms with van der Waals surface area (Å²) in [5.41, 5.74) is 4.26. The van der Waals surface area contributed by atoms with Crippen LogP contribution in [-0.4, -0.2) is 33.5 Å². The average Bonchev–Trinajstić information content (AvgIpc) is 2.62. The van der Waals surface area contributed by atoms with Crippen molar-refractivity contribution < 1.29 is 27.7 Å². The fourth-order valence-electron chi connectivity index (χ4n) is 3.36. The number of fused-ring (bicyclic) bond motifs is 2. The molecule has 2 aromatic rings. The van der Waals surface area contributed by atoms with Crippen LogP contribution < -0.4 is 19.5 Å². The molecule has 1 heterocycles. The molecule has 0 radical (unpaired) electrons. The minimum absolute atomic E-state index is 0.241. The average molecular weight is 381 g/mol. The van der Waals surface area contributed by atoms with Crippen LogP contribution in [0.15, 0.2) is 36.4 Å². The van der Waals surface area contributed by atoms with Crippen LogP contribution in [0.3, 0.4) is 0 Å². The van der Waals surface area contributed by atoms with Crippen molar-refractivity contribution in [3.63, 3.8) is 0 Å². The fourth-order valence-corrected chi connectivity index (χ4v) is 3.36. The smallest absolute Gasteiger partial charge is 0.422 e. The number of benzene rings is 2. The third-order valence-corrected chi connectivity index (χ3v) is 4.76. The molecule has 1 aliphatic rings. The summed E-state index contributed by atoms with van der Waals surface area (Å²) in [6.07, 6.45) is -2.86. The summed E-state index contributed by atoms with van der Waals surface area (Å²) in [4.78, 5) is 0. The van der Waals surface area contributed by atoms with E-state index in [1.54, 1.807) is 12.1 Å².